The van der Waals surface area contributed by atoms with Gasteiger partial charge < -0.3 is 15.0 Å². The molecular weight excluding hydrogens is 448 g/mol. The fourth-order valence-electron chi connectivity index (χ4n) is 4.97. The van der Waals surface area contributed by atoms with Crippen LogP contribution in [0.1, 0.15) is 64.9 Å². The van der Waals surface area contributed by atoms with Crippen LogP contribution in [-0.4, -0.2) is 62.4 Å². The van der Waals surface area contributed by atoms with Crippen LogP contribution in [0.2, 0.25) is 0 Å². The van der Waals surface area contributed by atoms with Crippen molar-refractivity contribution in [3.05, 3.63) is 51.6 Å². The molecule has 1 saturated carbocycles. The first kappa shape index (κ1) is 23.1. The van der Waals surface area contributed by atoms with Gasteiger partial charge in [-0.15, -0.1) is 0 Å². The van der Waals surface area contributed by atoms with Gasteiger partial charge in [0.05, 0.1) is 24.3 Å². The van der Waals surface area contributed by atoms with Crippen molar-refractivity contribution in [3.63, 3.8) is 0 Å². The number of anilines is 2. The van der Waals surface area contributed by atoms with Crippen LogP contribution < -0.4 is 10.9 Å². The van der Waals surface area contributed by atoms with Gasteiger partial charge >= 0.3 is 0 Å². The fourth-order valence-corrected chi connectivity index (χ4v) is 4.97. The lowest BCUT2D eigenvalue weighted by molar-refractivity contribution is 0.0302. The Morgan fingerprint density at radius 2 is 1.83 bits per heavy atom. The zero-order valence-electron chi connectivity index (χ0n) is 19.9. The van der Waals surface area contributed by atoms with Crippen molar-refractivity contribution in [3.8, 4) is 0 Å². The number of rotatable bonds is 5. The molecule has 0 unspecified atom stereocenters. The first-order chi connectivity index (χ1) is 16.9. The Balaban J connectivity index is 1.47. The summed E-state index contributed by atoms with van der Waals surface area (Å²) in [5, 5.41) is 3.76. The maximum Gasteiger partial charge on any atom is 0.263 e. The van der Waals surface area contributed by atoms with Gasteiger partial charge in [0.25, 0.3) is 11.5 Å². The van der Waals surface area contributed by atoms with Crippen LogP contribution in [0.3, 0.4) is 0 Å². The molecule has 5 rings (SSSR count). The van der Waals surface area contributed by atoms with E-state index in [0.29, 0.717) is 60.2 Å². The van der Waals surface area contributed by atoms with E-state index in [1.807, 2.05) is 0 Å². The Labute approximate surface area is 202 Å². The maximum atomic E-state index is 13.3. The Morgan fingerprint density at radius 1 is 1.09 bits per heavy atom. The first-order valence-electron chi connectivity index (χ1n) is 12.0. The second kappa shape index (κ2) is 9.53. The average molecular weight is 477 g/mol. The van der Waals surface area contributed by atoms with Crippen LogP contribution >= 0.6 is 0 Å². The molecule has 10 heteroatoms. The number of carbonyl (C=O) groups excluding carboxylic acids is 2. The largest absolute Gasteiger partial charge is 0.378 e. The smallest absolute Gasteiger partial charge is 0.263 e. The predicted octanol–water partition coefficient (Wildman–Crippen LogP) is 3.03. The molecule has 10 nitrogen and oxygen atoms in total. The standard InChI is InChI=1S/C25H28N6O4/c1-15-19-14-27-25(28-20-8-7-17(13-26-20)23(33)30-9-11-35-12-10-30)29-22(19)31(18-5-3-4-6-18)24(34)21(15)16(2)32/h7-8,13-14,18H,3-6,9-12H2,1-2H3,(H,26,27,28,29). The molecule has 182 valence electrons. The molecule has 0 radical (unpaired) electrons. The zero-order chi connectivity index (χ0) is 24.5. The molecule has 3 aromatic heterocycles. The maximum absolute atomic E-state index is 13.3. The van der Waals surface area contributed by atoms with Crippen LogP contribution in [0, 0.1) is 6.92 Å². The number of fused-ring (bicyclic) bond motifs is 1. The highest BCUT2D eigenvalue weighted by molar-refractivity contribution is 5.99. The summed E-state index contributed by atoms with van der Waals surface area (Å²) < 4.78 is 6.98. The van der Waals surface area contributed by atoms with Gasteiger partial charge in [0, 0.05) is 36.9 Å². The number of morpholine rings is 1. The highest BCUT2D eigenvalue weighted by Gasteiger charge is 2.26. The number of aryl methyl sites for hydroxylation is 1. The van der Waals surface area contributed by atoms with E-state index in [2.05, 4.69) is 20.3 Å². The molecule has 1 aliphatic heterocycles. The summed E-state index contributed by atoms with van der Waals surface area (Å²) in [5.74, 6) is 0.444. The van der Waals surface area contributed by atoms with Gasteiger partial charge in [-0.25, -0.2) is 9.97 Å². The number of pyridine rings is 2. The van der Waals surface area contributed by atoms with Crippen LogP contribution in [0.5, 0.6) is 0 Å². The molecule has 1 N–H and O–H groups in total. The van der Waals surface area contributed by atoms with Crippen molar-refractivity contribution in [2.75, 3.05) is 31.6 Å². The summed E-state index contributed by atoms with van der Waals surface area (Å²) in [4.78, 5) is 53.5. The van der Waals surface area contributed by atoms with E-state index in [9.17, 15) is 14.4 Å². The number of aromatic nitrogens is 4. The molecule has 2 aliphatic rings. The third-order valence-electron chi connectivity index (χ3n) is 6.80. The molecule has 0 bridgehead atoms. The summed E-state index contributed by atoms with van der Waals surface area (Å²) in [6, 6.07) is 3.43. The Bertz CT molecular complexity index is 1340. The number of hydrogen-bond donors (Lipinski definition) is 1. The molecule has 0 aromatic carbocycles. The van der Waals surface area contributed by atoms with E-state index < -0.39 is 0 Å². The van der Waals surface area contributed by atoms with Crippen molar-refractivity contribution in [1.82, 2.24) is 24.4 Å². The second-order valence-electron chi connectivity index (χ2n) is 9.06. The van der Waals surface area contributed by atoms with E-state index in [4.69, 9.17) is 4.74 Å². The summed E-state index contributed by atoms with van der Waals surface area (Å²) >= 11 is 0. The molecular formula is C25H28N6O4. The van der Waals surface area contributed by atoms with Crippen molar-refractivity contribution in [2.45, 2.75) is 45.6 Å². The van der Waals surface area contributed by atoms with Crippen LogP contribution in [0.15, 0.2) is 29.3 Å². The number of carbonyl (C=O) groups is 2. The quantitative estimate of drug-likeness (QED) is 0.558. The van der Waals surface area contributed by atoms with Gasteiger partial charge in [0.2, 0.25) is 5.95 Å². The highest BCUT2D eigenvalue weighted by Crippen LogP contribution is 2.32. The number of amides is 1. The minimum atomic E-state index is -0.289. The summed E-state index contributed by atoms with van der Waals surface area (Å²) in [6.07, 6.45) is 7.01. The number of hydrogen-bond acceptors (Lipinski definition) is 8. The molecule has 4 heterocycles. The summed E-state index contributed by atoms with van der Waals surface area (Å²) in [5.41, 5.74) is 1.53. The minimum absolute atomic E-state index is 0.00931. The van der Waals surface area contributed by atoms with Crippen molar-refractivity contribution in [1.29, 1.82) is 0 Å². The zero-order valence-corrected chi connectivity index (χ0v) is 19.9. The number of ether oxygens (including phenoxy) is 1. The fraction of sp³-hybridized carbons (Fsp3) is 0.440. The van der Waals surface area contributed by atoms with E-state index >= 15 is 0 Å². The van der Waals surface area contributed by atoms with Gasteiger partial charge in [0.1, 0.15) is 11.5 Å². The predicted molar refractivity (Wildman–Crippen MR) is 130 cm³/mol. The third-order valence-corrected chi connectivity index (χ3v) is 6.80. The van der Waals surface area contributed by atoms with E-state index in [1.165, 1.54) is 13.1 Å². The van der Waals surface area contributed by atoms with Gasteiger partial charge in [-0.05, 0) is 44.4 Å². The molecule has 35 heavy (non-hydrogen) atoms. The average Bonchev–Trinajstić information content (AvgIpc) is 3.39. The Hall–Kier alpha value is -3.66. The van der Waals surface area contributed by atoms with E-state index in [0.717, 1.165) is 25.7 Å². The molecule has 0 spiro atoms. The third kappa shape index (κ3) is 4.41. The minimum Gasteiger partial charge on any atom is -0.378 e. The summed E-state index contributed by atoms with van der Waals surface area (Å²) in [6.45, 7) is 5.40. The Kier molecular flexibility index (Phi) is 6.29. The van der Waals surface area contributed by atoms with Gasteiger partial charge in [-0.1, -0.05) is 12.8 Å². The van der Waals surface area contributed by atoms with Gasteiger partial charge in [-0.3, -0.25) is 19.0 Å². The topological polar surface area (TPSA) is 119 Å². The normalized spacial score (nSPS) is 16.6. The lowest BCUT2D eigenvalue weighted by Gasteiger charge is -2.26. The number of Topliss-reactive ketones (excluding diaryl/α,β-unsaturated/α-hetero) is 1. The van der Waals surface area contributed by atoms with Crippen molar-refractivity contribution < 1.29 is 14.3 Å². The van der Waals surface area contributed by atoms with Crippen molar-refractivity contribution in [2.24, 2.45) is 0 Å². The lowest BCUT2D eigenvalue weighted by atomic mass is 10.0. The van der Waals surface area contributed by atoms with Gasteiger partial charge in [0.15, 0.2) is 5.78 Å². The van der Waals surface area contributed by atoms with Crippen LogP contribution in [0.4, 0.5) is 11.8 Å². The number of nitrogens with zero attached hydrogens (tertiary/aromatic N) is 5. The van der Waals surface area contributed by atoms with E-state index in [-0.39, 0.29) is 28.9 Å². The number of nitrogens with one attached hydrogen (secondary N) is 1. The van der Waals surface area contributed by atoms with Gasteiger partial charge in [-0.2, -0.15) is 4.98 Å². The SMILES string of the molecule is CC(=O)c1c(C)c2cnc(Nc3ccc(C(=O)N4CCOCC4)cn3)nc2n(C2CCCC2)c1=O. The Morgan fingerprint density at radius 3 is 2.49 bits per heavy atom. The molecule has 1 aliphatic carbocycles. The summed E-state index contributed by atoms with van der Waals surface area (Å²) in [7, 11) is 0. The monoisotopic (exact) mass is 476 g/mol. The second-order valence-corrected chi connectivity index (χ2v) is 9.06. The molecule has 3 aromatic rings. The first-order valence-corrected chi connectivity index (χ1v) is 12.0. The molecule has 1 amide bonds. The lowest BCUT2D eigenvalue weighted by Crippen LogP contribution is -2.40. The molecule has 1 saturated heterocycles. The highest BCUT2D eigenvalue weighted by atomic mass is 16.5. The molecule has 0 atom stereocenters. The van der Waals surface area contributed by atoms with Crippen LogP contribution in [0.25, 0.3) is 11.0 Å². The number of ketones is 1. The van der Waals surface area contributed by atoms with Crippen molar-refractivity contribution >= 4 is 34.5 Å². The van der Waals surface area contributed by atoms with Crippen LogP contribution in [-0.2, 0) is 4.74 Å². The van der Waals surface area contributed by atoms with E-state index in [1.54, 1.807) is 34.7 Å². The molecule has 2 fully saturated rings.